The van der Waals surface area contributed by atoms with E-state index in [0.717, 1.165) is 22.3 Å². The average Bonchev–Trinajstić information content (AvgIpc) is 3.06. The molecule has 4 aromatic rings. The average molecular weight is 621 g/mol. The molecule has 0 unspecified atom stereocenters. The van der Waals surface area contributed by atoms with Crippen molar-refractivity contribution in [3.05, 3.63) is 144 Å². The Bertz CT molecular complexity index is 1470. The summed E-state index contributed by atoms with van der Waals surface area (Å²) >= 11 is 0. The Hall–Kier alpha value is -3.54. The topological polar surface area (TPSA) is 46.2 Å². The van der Waals surface area contributed by atoms with Crippen LogP contribution in [0.15, 0.2) is 121 Å². The minimum absolute atomic E-state index is 0.329. The first-order valence-electron chi connectivity index (χ1n) is 15.7. The Kier molecular flexibility index (Phi) is 12.2. The molecule has 5 nitrogen and oxygen atoms in total. The summed E-state index contributed by atoms with van der Waals surface area (Å²) in [7, 11) is -1.72. The third-order valence-electron chi connectivity index (χ3n) is 7.47. The molecule has 0 aromatic heterocycles. The summed E-state index contributed by atoms with van der Waals surface area (Å²) in [6.45, 7) is 8.73. The first-order chi connectivity index (χ1) is 21.9. The van der Waals surface area contributed by atoms with Crippen molar-refractivity contribution in [3.8, 4) is 11.5 Å². The van der Waals surface area contributed by atoms with Crippen LogP contribution in [0.4, 0.5) is 0 Å². The Balaban J connectivity index is 1.46. The zero-order valence-corrected chi connectivity index (χ0v) is 27.5. The van der Waals surface area contributed by atoms with Gasteiger partial charge in [-0.15, -0.1) is 5.54 Å². The predicted octanol–water partition coefficient (Wildman–Crippen LogP) is 7.61. The molecule has 1 aliphatic heterocycles. The van der Waals surface area contributed by atoms with E-state index in [4.69, 9.17) is 23.7 Å². The van der Waals surface area contributed by atoms with E-state index < -0.39 is 38.6 Å². The molecule has 4 aromatic carbocycles. The van der Waals surface area contributed by atoms with Crippen LogP contribution in [0.3, 0.4) is 0 Å². The Morgan fingerprint density at radius 1 is 0.533 bits per heavy atom. The predicted molar refractivity (Wildman–Crippen MR) is 181 cm³/mol. The third-order valence-corrected chi connectivity index (χ3v) is 8.37. The molecule has 0 spiro atoms. The smallest absolute Gasteiger partial charge is 0.146 e. The molecule has 45 heavy (non-hydrogen) atoms. The standard InChI is InChI=1S/C39H44O5Si/c1-45(2,3)25-24-35-37(41-27-32-18-10-5-11-19-32)39(43-29-34-22-14-7-15-23-34)38(42-28-33-20-12-6-13-21-33)36(44-35)30-40-26-31-16-8-4-9-17-31/h4-23,35-39H,26-30H2,1-3H3/t35-,36-,37+,38+,39-/m1/s1. The van der Waals surface area contributed by atoms with Crippen LogP contribution in [0.5, 0.6) is 0 Å². The molecule has 1 heterocycles. The summed E-state index contributed by atoms with van der Waals surface area (Å²) in [5.41, 5.74) is 7.87. The van der Waals surface area contributed by atoms with Gasteiger partial charge in [-0.1, -0.05) is 147 Å². The van der Waals surface area contributed by atoms with Gasteiger partial charge in [-0.05, 0) is 22.3 Å². The second-order valence-corrected chi connectivity index (χ2v) is 17.1. The van der Waals surface area contributed by atoms with Gasteiger partial charge in [0.2, 0.25) is 0 Å². The van der Waals surface area contributed by atoms with Crippen LogP contribution in [0, 0.1) is 11.5 Å². The summed E-state index contributed by atoms with van der Waals surface area (Å²) in [6, 6.07) is 40.7. The van der Waals surface area contributed by atoms with E-state index in [-0.39, 0.29) is 0 Å². The van der Waals surface area contributed by atoms with E-state index in [0.29, 0.717) is 33.0 Å². The van der Waals surface area contributed by atoms with E-state index in [1.807, 2.05) is 72.8 Å². The first kappa shape index (κ1) is 32.8. The van der Waals surface area contributed by atoms with E-state index >= 15 is 0 Å². The highest BCUT2D eigenvalue weighted by atomic mass is 28.3. The van der Waals surface area contributed by atoms with Crippen molar-refractivity contribution in [1.82, 2.24) is 0 Å². The minimum atomic E-state index is -1.72. The SMILES string of the molecule is C[Si](C)(C)C#C[C@H]1O[C@H](COCc2ccccc2)[C@H](OCc2ccccc2)[C@H](OCc2ccccc2)[C@H]1OCc1ccccc1. The largest absolute Gasteiger partial charge is 0.374 e. The molecule has 6 heteroatoms. The fourth-order valence-electron chi connectivity index (χ4n) is 5.19. The van der Waals surface area contributed by atoms with Crippen LogP contribution in [0.25, 0.3) is 0 Å². The van der Waals surface area contributed by atoms with Gasteiger partial charge in [0.05, 0.1) is 33.0 Å². The normalized spacial score (nSPS) is 21.5. The van der Waals surface area contributed by atoms with Crippen LogP contribution in [0.2, 0.25) is 19.6 Å². The zero-order chi connectivity index (χ0) is 31.3. The van der Waals surface area contributed by atoms with Gasteiger partial charge in [0, 0.05) is 0 Å². The quantitative estimate of drug-likeness (QED) is 0.114. The van der Waals surface area contributed by atoms with Gasteiger partial charge < -0.3 is 23.7 Å². The number of ether oxygens (including phenoxy) is 5. The molecule has 1 fully saturated rings. The van der Waals surface area contributed by atoms with Gasteiger partial charge >= 0.3 is 0 Å². The van der Waals surface area contributed by atoms with Crippen molar-refractivity contribution < 1.29 is 23.7 Å². The van der Waals surface area contributed by atoms with Crippen molar-refractivity contribution in [2.45, 2.75) is 76.6 Å². The molecular formula is C39H44O5Si. The molecule has 0 bridgehead atoms. The van der Waals surface area contributed by atoms with Crippen molar-refractivity contribution in [2.75, 3.05) is 6.61 Å². The Labute approximate surface area is 269 Å². The van der Waals surface area contributed by atoms with Gasteiger partial charge in [0.1, 0.15) is 38.6 Å². The molecule has 5 atom stereocenters. The molecule has 0 aliphatic carbocycles. The maximum Gasteiger partial charge on any atom is 0.146 e. The summed E-state index contributed by atoms with van der Waals surface area (Å²) in [5.74, 6) is 3.48. The third kappa shape index (κ3) is 10.5. The summed E-state index contributed by atoms with van der Waals surface area (Å²) < 4.78 is 33.3. The van der Waals surface area contributed by atoms with Gasteiger partial charge in [-0.3, -0.25) is 0 Å². The molecule has 5 rings (SSSR count). The van der Waals surface area contributed by atoms with Crippen LogP contribution in [0.1, 0.15) is 22.3 Å². The molecule has 1 saturated heterocycles. The van der Waals surface area contributed by atoms with Gasteiger partial charge in [0.25, 0.3) is 0 Å². The molecule has 0 saturated carbocycles. The number of hydrogen-bond acceptors (Lipinski definition) is 5. The highest BCUT2D eigenvalue weighted by molar-refractivity contribution is 6.83. The highest BCUT2D eigenvalue weighted by Crippen LogP contribution is 2.31. The number of benzene rings is 4. The molecule has 1 aliphatic rings. The molecule has 0 radical (unpaired) electrons. The van der Waals surface area contributed by atoms with E-state index in [1.54, 1.807) is 0 Å². The van der Waals surface area contributed by atoms with Crippen molar-refractivity contribution >= 4 is 8.07 Å². The Morgan fingerprint density at radius 3 is 1.38 bits per heavy atom. The van der Waals surface area contributed by atoms with E-state index in [1.165, 1.54) is 0 Å². The second kappa shape index (κ2) is 16.7. The second-order valence-electron chi connectivity index (χ2n) is 12.4. The molecule has 0 N–H and O–H groups in total. The number of hydrogen-bond donors (Lipinski definition) is 0. The van der Waals surface area contributed by atoms with Gasteiger partial charge in [-0.2, -0.15) is 0 Å². The molecule has 234 valence electrons. The lowest BCUT2D eigenvalue weighted by Crippen LogP contribution is -2.61. The van der Waals surface area contributed by atoms with Crippen molar-refractivity contribution in [1.29, 1.82) is 0 Å². The van der Waals surface area contributed by atoms with Crippen LogP contribution in [-0.2, 0) is 50.1 Å². The summed E-state index contributed by atoms with van der Waals surface area (Å²) in [6.07, 6.45) is -2.34. The lowest BCUT2D eigenvalue weighted by atomic mass is 9.94. The fourth-order valence-corrected chi connectivity index (χ4v) is 5.77. The summed E-state index contributed by atoms with van der Waals surface area (Å²) in [4.78, 5) is 0. The Morgan fingerprint density at radius 2 is 0.933 bits per heavy atom. The van der Waals surface area contributed by atoms with Crippen molar-refractivity contribution in [2.24, 2.45) is 0 Å². The summed E-state index contributed by atoms with van der Waals surface area (Å²) in [5, 5.41) is 0. The first-order valence-corrected chi connectivity index (χ1v) is 19.2. The highest BCUT2D eigenvalue weighted by Gasteiger charge is 2.48. The van der Waals surface area contributed by atoms with Gasteiger partial charge in [0.15, 0.2) is 0 Å². The van der Waals surface area contributed by atoms with Crippen LogP contribution < -0.4 is 0 Å². The van der Waals surface area contributed by atoms with Gasteiger partial charge in [-0.25, -0.2) is 0 Å². The zero-order valence-electron chi connectivity index (χ0n) is 26.5. The molecule has 0 amide bonds. The van der Waals surface area contributed by atoms with Crippen molar-refractivity contribution in [3.63, 3.8) is 0 Å². The van der Waals surface area contributed by atoms with Crippen LogP contribution >= 0.6 is 0 Å². The minimum Gasteiger partial charge on any atom is -0.374 e. The van der Waals surface area contributed by atoms with E-state index in [2.05, 4.69) is 79.6 Å². The lowest BCUT2D eigenvalue weighted by molar-refractivity contribution is -0.261. The maximum atomic E-state index is 6.80. The molecular weight excluding hydrogens is 577 g/mol. The maximum absolute atomic E-state index is 6.80. The van der Waals surface area contributed by atoms with Crippen LogP contribution in [-0.4, -0.2) is 45.2 Å². The monoisotopic (exact) mass is 620 g/mol. The fraction of sp³-hybridized carbons (Fsp3) is 0.333. The van der Waals surface area contributed by atoms with E-state index in [9.17, 15) is 0 Å². The lowest BCUT2D eigenvalue weighted by Gasteiger charge is -2.45. The number of rotatable bonds is 13.